The maximum absolute atomic E-state index is 12.4. The van der Waals surface area contributed by atoms with Crippen molar-refractivity contribution >= 4 is 7.60 Å². The van der Waals surface area contributed by atoms with E-state index < -0.39 is 7.60 Å². The van der Waals surface area contributed by atoms with Crippen molar-refractivity contribution in [3.8, 4) is 0 Å². The summed E-state index contributed by atoms with van der Waals surface area (Å²) in [6.07, 6.45) is 21.1. The molecule has 6 heteroatoms. The maximum atomic E-state index is 12.4. The molecule has 2 aliphatic rings. The second kappa shape index (κ2) is 22.4. The predicted molar refractivity (Wildman–Crippen MR) is 131 cm³/mol. The Morgan fingerprint density at radius 3 is 1.70 bits per heavy atom. The first-order valence-electron chi connectivity index (χ1n) is 10.9. The Hall–Kier alpha value is -0.0469. The van der Waals surface area contributed by atoms with Gasteiger partial charge in [0.25, 0.3) is 0 Å². The summed E-state index contributed by atoms with van der Waals surface area (Å²) in [4.78, 5) is 0. The van der Waals surface area contributed by atoms with Crippen molar-refractivity contribution in [3.63, 3.8) is 0 Å². The fourth-order valence-corrected chi connectivity index (χ4v) is 3.97. The van der Waals surface area contributed by atoms with Crippen LogP contribution in [0.15, 0.2) is 35.9 Å². The third-order valence-electron chi connectivity index (χ3n) is 3.97. The minimum Gasteiger partial charge on any atom is -0.377 e. The van der Waals surface area contributed by atoms with Crippen LogP contribution in [0, 0.1) is 76.9 Å². The van der Waals surface area contributed by atoms with Crippen molar-refractivity contribution in [1.82, 2.24) is 0 Å². The van der Waals surface area contributed by atoms with Crippen LogP contribution in [-0.4, -0.2) is 19.8 Å². The van der Waals surface area contributed by atoms with Crippen LogP contribution in [0.1, 0.15) is 32.3 Å². The van der Waals surface area contributed by atoms with E-state index in [1.165, 1.54) is 0 Å². The Kier molecular flexibility index (Phi) is 22.4. The fourth-order valence-electron chi connectivity index (χ4n) is 2.47. The Morgan fingerprint density at radius 2 is 1.30 bits per heavy atom. The van der Waals surface area contributed by atoms with Crippen molar-refractivity contribution in [2.75, 3.05) is 19.8 Å². The molecule has 0 unspecified atom stereocenters. The van der Waals surface area contributed by atoms with E-state index in [0.717, 1.165) is 11.1 Å². The van der Waals surface area contributed by atoms with E-state index in [9.17, 15) is 4.57 Å². The first-order valence-corrected chi connectivity index (χ1v) is 12.4. The molecule has 2 fully saturated rings. The quantitative estimate of drug-likeness (QED) is 0.174. The second-order valence-electron chi connectivity index (χ2n) is 6.51. The summed E-state index contributed by atoms with van der Waals surface area (Å²) in [7, 11) is -3.28. The average molecular weight is 546 g/mol. The Morgan fingerprint density at radius 1 is 0.848 bits per heavy atom. The maximum Gasteiger partial charge on any atom is 4.00 e. The van der Waals surface area contributed by atoms with Gasteiger partial charge in [0, 0.05) is 6.61 Å². The van der Waals surface area contributed by atoms with Crippen LogP contribution in [0.25, 0.3) is 0 Å². The molecule has 0 N–H and O–H groups in total. The summed E-state index contributed by atoms with van der Waals surface area (Å²) in [6, 6.07) is 9.97. The summed E-state index contributed by atoms with van der Waals surface area (Å²) < 4.78 is 28.4. The molecule has 3 rings (SSSR count). The monoisotopic (exact) mass is 544 g/mol. The van der Waals surface area contributed by atoms with Crippen molar-refractivity contribution in [2.45, 2.75) is 33.3 Å². The van der Waals surface area contributed by atoms with Gasteiger partial charge in [-0.2, -0.15) is 6.42 Å². The molecule has 0 aromatic heterocycles. The zero-order valence-corrected chi connectivity index (χ0v) is 23.0. The topological polar surface area (TPSA) is 44.8 Å². The molecule has 2 saturated carbocycles. The number of ether oxygens (including phenoxy) is 1. The van der Waals surface area contributed by atoms with Crippen LogP contribution < -0.4 is 0 Å². The van der Waals surface area contributed by atoms with Gasteiger partial charge < -0.3 is 26.5 Å². The van der Waals surface area contributed by atoms with Gasteiger partial charge in [0.1, 0.15) is 0 Å². The van der Waals surface area contributed by atoms with Crippen LogP contribution in [0.3, 0.4) is 0 Å². The van der Waals surface area contributed by atoms with Crippen LogP contribution in [0.5, 0.6) is 0 Å². The number of hydrogen-bond acceptors (Lipinski definition) is 4. The second-order valence-corrected chi connectivity index (χ2v) is 8.25. The summed E-state index contributed by atoms with van der Waals surface area (Å²) in [5.41, 5.74) is 1.93. The van der Waals surface area contributed by atoms with Gasteiger partial charge in [0.05, 0.1) is 19.8 Å². The van der Waals surface area contributed by atoms with Gasteiger partial charge in [-0.1, -0.05) is 30.3 Å². The van der Waals surface area contributed by atoms with Crippen molar-refractivity contribution < 1.29 is 44.6 Å². The molecule has 33 heavy (non-hydrogen) atoms. The van der Waals surface area contributed by atoms with E-state index >= 15 is 0 Å². The molecule has 0 atom stereocenters. The minimum atomic E-state index is -3.28. The first-order chi connectivity index (χ1) is 15.6. The predicted octanol–water partition coefficient (Wildman–Crippen LogP) is 6.81. The standard InChI is InChI=1S/C17H25O4P.2C5H5.Zr/c1-4-16(15-22(18,20-5-2)21-6-3)12-13-19-14-17-10-8-7-9-11-17;2*1-2-4-5-3-1;/h7-11H,1,4-6,12-14H2,2-3H3;2*1-5H;/q-2;;;+4. The van der Waals surface area contributed by atoms with E-state index in [2.05, 4.69) is 12.7 Å². The van der Waals surface area contributed by atoms with Crippen molar-refractivity contribution in [3.05, 3.63) is 118 Å². The molecule has 174 valence electrons. The van der Waals surface area contributed by atoms with Crippen molar-refractivity contribution in [1.29, 1.82) is 0 Å². The molecule has 2 aliphatic carbocycles. The zero-order valence-electron chi connectivity index (χ0n) is 19.7. The molecular weight excluding hydrogens is 510 g/mol. The Labute approximate surface area is 222 Å². The zero-order chi connectivity index (χ0) is 23.3. The molecule has 4 nitrogen and oxygen atoms in total. The summed E-state index contributed by atoms with van der Waals surface area (Å²) in [5, 5.41) is 0. The molecule has 1 aromatic carbocycles. The Bertz CT molecular complexity index is 593. The third-order valence-corrected chi connectivity index (χ3v) is 5.75. The largest absolute Gasteiger partial charge is 4.00 e. The summed E-state index contributed by atoms with van der Waals surface area (Å²) >= 11 is 0. The summed E-state index contributed by atoms with van der Waals surface area (Å²) in [6.45, 7) is 9.11. The van der Waals surface area contributed by atoms with E-state index in [1.54, 1.807) is 13.8 Å². The van der Waals surface area contributed by atoms with Gasteiger partial charge in [-0.15, -0.1) is 0 Å². The molecule has 0 saturated heterocycles. The van der Waals surface area contributed by atoms with E-state index in [0.29, 0.717) is 39.3 Å². The van der Waals surface area contributed by atoms with Gasteiger partial charge in [0.2, 0.25) is 0 Å². The molecule has 1 aromatic rings. The summed E-state index contributed by atoms with van der Waals surface area (Å²) in [5.74, 6) is 2.87. The van der Waals surface area contributed by atoms with E-state index in [4.69, 9.17) is 13.8 Å². The third kappa shape index (κ3) is 18.0. The molecule has 0 aliphatic heterocycles. The average Bonchev–Trinajstić information content (AvgIpc) is 3.56. The fraction of sp³-hybridized carbons (Fsp3) is 0.296. The van der Waals surface area contributed by atoms with Gasteiger partial charge in [0.15, 0.2) is 7.60 Å². The normalized spacial score (nSPS) is 15.7. The van der Waals surface area contributed by atoms with Crippen molar-refractivity contribution in [2.24, 2.45) is 0 Å². The van der Waals surface area contributed by atoms with Gasteiger partial charge >= 0.3 is 26.2 Å². The van der Waals surface area contributed by atoms with Crippen LogP contribution >= 0.6 is 7.60 Å². The van der Waals surface area contributed by atoms with Gasteiger partial charge in [-0.05, 0) is 90.0 Å². The van der Waals surface area contributed by atoms with E-state index in [-0.39, 0.29) is 26.2 Å². The molecular formula is C27H35O4PZr+2. The van der Waals surface area contributed by atoms with Gasteiger partial charge in [-0.25, -0.2) is 0 Å². The Balaban J connectivity index is 0.000000754. The molecule has 0 heterocycles. The molecule has 0 amide bonds. The first kappa shape index (κ1) is 33.0. The number of benzene rings is 1. The van der Waals surface area contributed by atoms with Crippen LogP contribution in [0.2, 0.25) is 0 Å². The number of rotatable bonds is 11. The number of hydrogen-bond donors (Lipinski definition) is 0. The smallest absolute Gasteiger partial charge is 0.377 e. The minimum absolute atomic E-state index is 0. The van der Waals surface area contributed by atoms with E-state index in [1.807, 2.05) is 94.5 Å². The van der Waals surface area contributed by atoms with Crippen LogP contribution in [0.4, 0.5) is 0 Å². The SMILES string of the molecule is [CH2-]CC(=[C-]P(=O)(OCC)OCC)CCOCc1ccccc1.[CH]1[CH][CH][CH][CH]1.[CH]1[CH][CH][CH][CH]1.[Zr+4]. The molecule has 0 spiro atoms. The van der Waals surface area contributed by atoms with Gasteiger partial charge in [-0.3, -0.25) is 10.1 Å². The molecule has 10 radical (unpaired) electrons. The van der Waals surface area contributed by atoms with Crippen LogP contribution in [-0.2, 0) is 51.2 Å². The molecule has 0 bridgehead atoms.